The van der Waals surface area contributed by atoms with Crippen LogP contribution in [0.15, 0.2) is 48.5 Å². The van der Waals surface area contributed by atoms with Crippen LogP contribution < -0.4 is 14.8 Å². The van der Waals surface area contributed by atoms with Crippen molar-refractivity contribution >= 4 is 6.09 Å². The van der Waals surface area contributed by atoms with E-state index in [1.165, 1.54) is 5.56 Å². The average Bonchev–Trinajstić information content (AvgIpc) is 2.68. The van der Waals surface area contributed by atoms with Gasteiger partial charge in [-0.3, -0.25) is 0 Å². The van der Waals surface area contributed by atoms with Gasteiger partial charge in [0.05, 0.1) is 13.7 Å². The van der Waals surface area contributed by atoms with E-state index in [9.17, 15) is 4.79 Å². The van der Waals surface area contributed by atoms with E-state index in [-0.39, 0.29) is 12.1 Å². The minimum Gasteiger partial charge on any atom is -0.493 e. The normalized spacial score (nSPS) is 12.2. The molecule has 2 aromatic carbocycles. The van der Waals surface area contributed by atoms with Gasteiger partial charge in [0.15, 0.2) is 11.5 Å². The molecule has 5 nitrogen and oxygen atoms in total. The van der Waals surface area contributed by atoms with Gasteiger partial charge in [0.1, 0.15) is 5.60 Å². The molecule has 2 rings (SSSR count). The maximum Gasteiger partial charge on any atom is 0.407 e. The quantitative estimate of drug-likeness (QED) is 0.555. The Morgan fingerprint density at radius 1 is 1.03 bits per heavy atom. The number of hydrogen-bond acceptors (Lipinski definition) is 4. The standard InChI is InChI=1S/C25H35NO4/c1-6-10-21(26-24(27)30-25(2,3)4)17-20-13-14-22(28-5)23(18-20)29-16-15-19-11-8-7-9-12-19/h7-9,11-14,18,21H,6,10,15-17H2,1-5H3,(H,26,27). The summed E-state index contributed by atoms with van der Waals surface area (Å²) in [5, 5.41) is 3.00. The lowest BCUT2D eigenvalue weighted by molar-refractivity contribution is 0.0501. The molecule has 0 spiro atoms. The zero-order chi connectivity index (χ0) is 22.0. The van der Waals surface area contributed by atoms with Gasteiger partial charge in [-0.2, -0.15) is 0 Å². The molecule has 0 aliphatic heterocycles. The number of amides is 1. The van der Waals surface area contributed by atoms with Crippen LogP contribution in [0.3, 0.4) is 0 Å². The van der Waals surface area contributed by atoms with Crippen molar-refractivity contribution < 1.29 is 19.0 Å². The highest BCUT2D eigenvalue weighted by Gasteiger charge is 2.20. The molecule has 0 heterocycles. The molecule has 1 unspecified atom stereocenters. The SMILES string of the molecule is CCCC(Cc1ccc(OC)c(OCCc2ccccc2)c1)NC(=O)OC(C)(C)C. The van der Waals surface area contributed by atoms with Gasteiger partial charge in [0.25, 0.3) is 0 Å². The Morgan fingerprint density at radius 3 is 2.40 bits per heavy atom. The Kier molecular flexibility index (Phi) is 9.03. The van der Waals surface area contributed by atoms with Crippen LogP contribution in [0.2, 0.25) is 0 Å². The number of rotatable bonds is 10. The number of ether oxygens (including phenoxy) is 3. The highest BCUT2D eigenvalue weighted by atomic mass is 16.6. The molecule has 0 aliphatic rings. The lowest BCUT2D eigenvalue weighted by Crippen LogP contribution is -2.40. The third-order valence-corrected chi connectivity index (χ3v) is 4.56. The molecule has 0 saturated heterocycles. The Hall–Kier alpha value is -2.69. The maximum atomic E-state index is 12.2. The summed E-state index contributed by atoms with van der Waals surface area (Å²) in [5.41, 5.74) is 1.80. The molecule has 0 bridgehead atoms. The van der Waals surface area contributed by atoms with E-state index in [2.05, 4.69) is 24.4 Å². The van der Waals surface area contributed by atoms with Gasteiger partial charge in [0.2, 0.25) is 0 Å². The van der Waals surface area contributed by atoms with E-state index < -0.39 is 5.60 Å². The van der Waals surface area contributed by atoms with E-state index in [0.717, 1.165) is 30.6 Å². The van der Waals surface area contributed by atoms with Crippen molar-refractivity contribution in [1.82, 2.24) is 5.32 Å². The molecule has 164 valence electrons. The summed E-state index contributed by atoms with van der Waals surface area (Å²) in [7, 11) is 1.64. The summed E-state index contributed by atoms with van der Waals surface area (Å²) in [4.78, 5) is 12.2. The van der Waals surface area contributed by atoms with E-state index >= 15 is 0 Å². The number of hydrogen-bond donors (Lipinski definition) is 1. The third kappa shape index (κ3) is 8.36. The predicted octanol–water partition coefficient (Wildman–Crippen LogP) is 5.55. The molecule has 2 aromatic rings. The van der Waals surface area contributed by atoms with Gasteiger partial charge >= 0.3 is 6.09 Å². The van der Waals surface area contributed by atoms with Crippen LogP contribution in [0.1, 0.15) is 51.7 Å². The molecular weight excluding hydrogens is 378 g/mol. The van der Waals surface area contributed by atoms with Gasteiger partial charge in [0, 0.05) is 12.5 Å². The molecule has 30 heavy (non-hydrogen) atoms. The number of alkyl carbamates (subject to hydrolysis) is 1. The lowest BCUT2D eigenvalue weighted by Gasteiger charge is -2.24. The topological polar surface area (TPSA) is 56.8 Å². The number of methoxy groups -OCH3 is 1. The minimum absolute atomic E-state index is 0.00425. The van der Waals surface area contributed by atoms with E-state index in [4.69, 9.17) is 14.2 Å². The first-order valence-electron chi connectivity index (χ1n) is 10.6. The van der Waals surface area contributed by atoms with E-state index in [1.54, 1.807) is 7.11 Å². The van der Waals surface area contributed by atoms with Crippen LogP contribution in [0.5, 0.6) is 11.5 Å². The fourth-order valence-electron chi connectivity index (χ4n) is 3.22. The van der Waals surface area contributed by atoms with Crippen LogP contribution in [-0.4, -0.2) is 31.5 Å². The summed E-state index contributed by atoms with van der Waals surface area (Å²) in [6.45, 7) is 8.27. The highest BCUT2D eigenvalue weighted by Crippen LogP contribution is 2.29. The average molecular weight is 414 g/mol. The van der Waals surface area contributed by atoms with Gasteiger partial charge in [-0.05, 0) is 56.9 Å². The second-order valence-electron chi connectivity index (χ2n) is 8.41. The molecule has 0 aliphatic carbocycles. The Bertz CT molecular complexity index is 783. The number of carbonyl (C=O) groups is 1. The summed E-state index contributed by atoms with van der Waals surface area (Å²) in [5.74, 6) is 1.43. The van der Waals surface area contributed by atoms with Gasteiger partial charge < -0.3 is 19.5 Å². The van der Waals surface area contributed by atoms with Crippen molar-refractivity contribution in [3.63, 3.8) is 0 Å². The first kappa shape index (κ1) is 23.6. The van der Waals surface area contributed by atoms with Crippen LogP contribution >= 0.6 is 0 Å². The molecule has 1 atom stereocenters. The van der Waals surface area contributed by atoms with Gasteiger partial charge in [-0.15, -0.1) is 0 Å². The molecular formula is C25H35NO4. The zero-order valence-electron chi connectivity index (χ0n) is 18.9. The van der Waals surface area contributed by atoms with Crippen LogP contribution in [-0.2, 0) is 17.6 Å². The molecule has 1 N–H and O–H groups in total. The molecule has 5 heteroatoms. The van der Waals surface area contributed by atoms with Crippen molar-refractivity contribution in [3.8, 4) is 11.5 Å². The van der Waals surface area contributed by atoms with Crippen LogP contribution in [0.25, 0.3) is 0 Å². The first-order valence-corrected chi connectivity index (χ1v) is 10.6. The van der Waals surface area contributed by atoms with E-state index in [0.29, 0.717) is 18.8 Å². The highest BCUT2D eigenvalue weighted by molar-refractivity contribution is 5.68. The largest absolute Gasteiger partial charge is 0.493 e. The minimum atomic E-state index is -0.513. The zero-order valence-corrected chi connectivity index (χ0v) is 18.9. The van der Waals surface area contributed by atoms with Crippen LogP contribution in [0, 0.1) is 0 Å². The predicted molar refractivity (Wildman–Crippen MR) is 120 cm³/mol. The van der Waals surface area contributed by atoms with Crippen molar-refractivity contribution in [1.29, 1.82) is 0 Å². The second-order valence-corrected chi connectivity index (χ2v) is 8.41. The fraction of sp³-hybridized carbons (Fsp3) is 0.480. The molecule has 0 saturated carbocycles. The first-order chi connectivity index (χ1) is 14.3. The number of nitrogens with one attached hydrogen (secondary N) is 1. The van der Waals surface area contributed by atoms with Crippen molar-refractivity contribution in [2.75, 3.05) is 13.7 Å². The van der Waals surface area contributed by atoms with Gasteiger partial charge in [-0.1, -0.05) is 49.7 Å². The summed E-state index contributed by atoms with van der Waals surface area (Å²) in [6, 6.07) is 16.2. The third-order valence-electron chi connectivity index (χ3n) is 4.56. The fourth-order valence-corrected chi connectivity index (χ4v) is 3.22. The maximum absolute atomic E-state index is 12.2. The summed E-state index contributed by atoms with van der Waals surface area (Å²) < 4.78 is 16.9. The van der Waals surface area contributed by atoms with Crippen LogP contribution in [0.4, 0.5) is 4.79 Å². The molecule has 0 aromatic heterocycles. The summed E-state index contributed by atoms with van der Waals surface area (Å²) in [6.07, 6.45) is 2.99. The Morgan fingerprint density at radius 2 is 1.77 bits per heavy atom. The Labute approximate surface area is 180 Å². The summed E-state index contributed by atoms with van der Waals surface area (Å²) >= 11 is 0. The smallest absolute Gasteiger partial charge is 0.407 e. The van der Waals surface area contributed by atoms with Crippen molar-refractivity contribution in [3.05, 3.63) is 59.7 Å². The number of carbonyl (C=O) groups excluding carboxylic acids is 1. The molecule has 0 fully saturated rings. The molecule has 1 amide bonds. The van der Waals surface area contributed by atoms with Crippen molar-refractivity contribution in [2.45, 2.75) is 65.0 Å². The van der Waals surface area contributed by atoms with Crippen molar-refractivity contribution in [2.24, 2.45) is 0 Å². The lowest BCUT2D eigenvalue weighted by atomic mass is 10.0. The monoisotopic (exact) mass is 413 g/mol. The second kappa shape index (κ2) is 11.5. The molecule has 0 radical (unpaired) electrons. The van der Waals surface area contributed by atoms with Gasteiger partial charge in [-0.25, -0.2) is 4.79 Å². The number of benzene rings is 2. The van der Waals surface area contributed by atoms with E-state index in [1.807, 2.05) is 57.2 Å². The Balaban J connectivity index is 2.02.